The van der Waals surface area contributed by atoms with Crippen molar-refractivity contribution in [2.24, 2.45) is 0 Å². The number of furan rings is 1. The van der Waals surface area contributed by atoms with Crippen LogP contribution in [-0.4, -0.2) is 15.0 Å². The summed E-state index contributed by atoms with van der Waals surface area (Å²) in [7, 11) is 0. The third-order valence-corrected chi connectivity index (χ3v) is 10.5. The number of para-hydroxylation sites is 1. The van der Waals surface area contributed by atoms with Crippen molar-refractivity contribution in [3.05, 3.63) is 164 Å². The van der Waals surface area contributed by atoms with Crippen molar-refractivity contribution in [2.75, 3.05) is 0 Å². The van der Waals surface area contributed by atoms with E-state index in [1.807, 2.05) is 72.0 Å². The van der Waals surface area contributed by atoms with Gasteiger partial charge >= 0.3 is 0 Å². The SMILES string of the molecule is c1ccc(-c2cc(-c3ccc4sc5ccccc5c4c3)cc(-c3nc(-c4ccccc4)nc(-c4ccc5c(c4)oc4ccccc45)n3)c2)cc1. The Morgan fingerprint density at radius 1 is 0.320 bits per heavy atom. The molecule has 3 heterocycles. The van der Waals surface area contributed by atoms with E-state index in [0.717, 1.165) is 60.9 Å². The first-order valence-electron chi connectivity index (χ1n) is 16.6. The summed E-state index contributed by atoms with van der Waals surface area (Å²) in [6.07, 6.45) is 0. The van der Waals surface area contributed by atoms with Crippen LogP contribution in [0.15, 0.2) is 168 Å². The first kappa shape index (κ1) is 28.6. The molecule has 50 heavy (non-hydrogen) atoms. The van der Waals surface area contributed by atoms with Crippen LogP contribution in [0.4, 0.5) is 0 Å². The van der Waals surface area contributed by atoms with Crippen molar-refractivity contribution in [3.63, 3.8) is 0 Å². The van der Waals surface area contributed by atoms with Crippen LogP contribution in [0.25, 0.3) is 98.5 Å². The minimum absolute atomic E-state index is 0.592. The summed E-state index contributed by atoms with van der Waals surface area (Å²) in [5.74, 6) is 1.82. The van der Waals surface area contributed by atoms with Gasteiger partial charge in [-0.15, -0.1) is 11.3 Å². The van der Waals surface area contributed by atoms with Gasteiger partial charge < -0.3 is 4.42 Å². The molecule has 7 aromatic carbocycles. The first-order chi connectivity index (χ1) is 24.7. The lowest BCUT2D eigenvalue weighted by Gasteiger charge is -2.13. The van der Waals surface area contributed by atoms with E-state index in [-0.39, 0.29) is 0 Å². The highest BCUT2D eigenvalue weighted by Crippen LogP contribution is 2.39. The van der Waals surface area contributed by atoms with E-state index in [0.29, 0.717) is 17.5 Å². The van der Waals surface area contributed by atoms with E-state index in [4.69, 9.17) is 19.4 Å². The van der Waals surface area contributed by atoms with Gasteiger partial charge in [0.15, 0.2) is 17.5 Å². The first-order valence-corrected chi connectivity index (χ1v) is 17.4. The van der Waals surface area contributed by atoms with Gasteiger partial charge in [-0.2, -0.15) is 0 Å². The Balaban J connectivity index is 1.18. The molecule has 0 aliphatic carbocycles. The molecule has 10 rings (SSSR count). The number of aromatic nitrogens is 3. The van der Waals surface area contributed by atoms with E-state index < -0.39 is 0 Å². The minimum Gasteiger partial charge on any atom is -0.456 e. The Hall–Kier alpha value is -6.43. The maximum Gasteiger partial charge on any atom is 0.164 e. The monoisotopic (exact) mass is 657 g/mol. The predicted octanol–water partition coefficient (Wildman–Crippen LogP) is 12.5. The summed E-state index contributed by atoms with van der Waals surface area (Å²) in [5.41, 5.74) is 8.85. The summed E-state index contributed by atoms with van der Waals surface area (Å²) < 4.78 is 8.83. The molecule has 0 atom stereocenters. The molecular weight excluding hydrogens is 631 g/mol. The van der Waals surface area contributed by atoms with Gasteiger partial charge in [0, 0.05) is 47.6 Å². The van der Waals surface area contributed by atoms with E-state index in [9.17, 15) is 0 Å². The molecule has 0 amide bonds. The second kappa shape index (κ2) is 11.6. The van der Waals surface area contributed by atoms with E-state index in [2.05, 4.69) is 103 Å². The van der Waals surface area contributed by atoms with Gasteiger partial charge in [-0.3, -0.25) is 0 Å². The van der Waals surface area contributed by atoms with Crippen LogP contribution >= 0.6 is 11.3 Å². The molecule has 0 bridgehead atoms. The third kappa shape index (κ3) is 4.95. The molecule has 0 saturated heterocycles. The largest absolute Gasteiger partial charge is 0.456 e. The maximum atomic E-state index is 6.25. The van der Waals surface area contributed by atoms with E-state index >= 15 is 0 Å². The average Bonchev–Trinajstić information content (AvgIpc) is 3.76. The van der Waals surface area contributed by atoms with Gasteiger partial charge in [0.25, 0.3) is 0 Å². The average molecular weight is 658 g/mol. The van der Waals surface area contributed by atoms with Crippen LogP contribution in [0, 0.1) is 0 Å². The molecule has 0 fully saturated rings. The van der Waals surface area contributed by atoms with Crippen molar-refractivity contribution in [1.29, 1.82) is 0 Å². The Morgan fingerprint density at radius 3 is 1.68 bits per heavy atom. The third-order valence-electron chi connectivity index (χ3n) is 9.31. The number of hydrogen-bond donors (Lipinski definition) is 0. The molecule has 0 aliphatic heterocycles. The van der Waals surface area contributed by atoms with Crippen molar-refractivity contribution in [2.45, 2.75) is 0 Å². The zero-order valence-electron chi connectivity index (χ0n) is 26.7. The summed E-state index contributed by atoms with van der Waals surface area (Å²) in [5, 5.41) is 4.71. The molecule has 0 spiro atoms. The van der Waals surface area contributed by atoms with Crippen LogP contribution in [0.1, 0.15) is 0 Å². The zero-order valence-corrected chi connectivity index (χ0v) is 27.6. The Kier molecular flexibility index (Phi) is 6.64. The number of benzene rings is 7. The van der Waals surface area contributed by atoms with Crippen molar-refractivity contribution in [3.8, 4) is 56.4 Å². The molecule has 0 saturated carbocycles. The van der Waals surface area contributed by atoms with Crippen LogP contribution in [-0.2, 0) is 0 Å². The second-order valence-corrected chi connectivity index (χ2v) is 13.5. The van der Waals surface area contributed by atoms with Crippen molar-refractivity contribution < 1.29 is 4.42 Å². The second-order valence-electron chi connectivity index (χ2n) is 12.5. The number of rotatable bonds is 5. The molecule has 10 aromatic rings. The molecule has 0 N–H and O–H groups in total. The fourth-order valence-electron chi connectivity index (χ4n) is 6.84. The van der Waals surface area contributed by atoms with Crippen molar-refractivity contribution in [1.82, 2.24) is 15.0 Å². The molecule has 0 aliphatic rings. The smallest absolute Gasteiger partial charge is 0.164 e. The highest BCUT2D eigenvalue weighted by molar-refractivity contribution is 7.25. The van der Waals surface area contributed by atoms with Crippen molar-refractivity contribution >= 4 is 53.4 Å². The molecule has 3 aromatic heterocycles. The number of thiophene rings is 1. The standard InChI is InChI=1S/C45H27N3OS/c1-3-11-28(12-4-1)32-23-33(30-20-22-42-38(26-30)37-16-8-10-18-41(37)50-42)25-34(24-32)45-47-43(29-13-5-2-6-14-29)46-44(48-45)31-19-21-36-35-15-7-9-17-39(35)49-40(36)27-31/h1-27H. The van der Waals surface area contributed by atoms with Gasteiger partial charge in [0.2, 0.25) is 0 Å². The van der Waals surface area contributed by atoms with Gasteiger partial charge in [0.05, 0.1) is 0 Å². The van der Waals surface area contributed by atoms with Crippen LogP contribution < -0.4 is 0 Å². The lowest BCUT2D eigenvalue weighted by molar-refractivity contribution is 0.669. The van der Waals surface area contributed by atoms with Gasteiger partial charge in [-0.05, 0) is 76.9 Å². The quantitative estimate of drug-likeness (QED) is 0.185. The highest BCUT2D eigenvalue weighted by Gasteiger charge is 2.17. The highest BCUT2D eigenvalue weighted by atomic mass is 32.1. The lowest BCUT2D eigenvalue weighted by atomic mass is 9.95. The summed E-state index contributed by atoms with van der Waals surface area (Å²) in [4.78, 5) is 15.3. The maximum absolute atomic E-state index is 6.25. The molecule has 4 nitrogen and oxygen atoms in total. The zero-order chi connectivity index (χ0) is 33.0. The summed E-state index contributed by atoms with van der Waals surface area (Å²) >= 11 is 1.83. The van der Waals surface area contributed by atoms with Crippen LogP contribution in [0.2, 0.25) is 0 Å². The lowest BCUT2D eigenvalue weighted by Crippen LogP contribution is -2.00. The minimum atomic E-state index is 0.592. The molecule has 5 heteroatoms. The fourth-order valence-corrected chi connectivity index (χ4v) is 7.93. The van der Waals surface area contributed by atoms with Gasteiger partial charge in [-0.1, -0.05) is 109 Å². The van der Waals surface area contributed by atoms with Crippen LogP contribution in [0.3, 0.4) is 0 Å². The topological polar surface area (TPSA) is 51.8 Å². The number of hydrogen-bond acceptors (Lipinski definition) is 5. The van der Waals surface area contributed by atoms with Gasteiger partial charge in [-0.25, -0.2) is 15.0 Å². The Bertz CT molecular complexity index is 2870. The van der Waals surface area contributed by atoms with E-state index in [1.165, 1.54) is 20.2 Å². The molecule has 0 unspecified atom stereocenters. The Labute approximate surface area is 292 Å². The predicted molar refractivity (Wildman–Crippen MR) is 207 cm³/mol. The molecule has 234 valence electrons. The molecule has 0 radical (unpaired) electrons. The normalized spacial score (nSPS) is 11.6. The summed E-state index contributed by atoms with van der Waals surface area (Å²) in [6, 6.07) is 57.0. The Morgan fingerprint density at radius 2 is 0.880 bits per heavy atom. The van der Waals surface area contributed by atoms with Crippen LogP contribution in [0.5, 0.6) is 0 Å². The van der Waals surface area contributed by atoms with E-state index in [1.54, 1.807) is 0 Å². The number of fused-ring (bicyclic) bond motifs is 6. The van der Waals surface area contributed by atoms with Gasteiger partial charge in [0.1, 0.15) is 11.2 Å². The molecular formula is C45H27N3OS. The summed E-state index contributed by atoms with van der Waals surface area (Å²) in [6.45, 7) is 0. The fraction of sp³-hybridized carbons (Fsp3) is 0. The number of nitrogens with zero attached hydrogens (tertiary/aromatic N) is 3.